The number of aliphatic hydroxyl groups is 1. The van der Waals surface area contributed by atoms with Gasteiger partial charge in [0.05, 0.1) is 35.9 Å². The second-order valence-corrected chi connectivity index (χ2v) is 6.39. The zero-order chi connectivity index (χ0) is 19.3. The van der Waals surface area contributed by atoms with Crippen molar-refractivity contribution in [2.45, 2.75) is 19.4 Å². The number of nitrogens with one attached hydrogen (secondary N) is 1. The summed E-state index contributed by atoms with van der Waals surface area (Å²) in [6.07, 6.45) is 2.28. The molecule has 0 amide bonds. The van der Waals surface area contributed by atoms with Crippen molar-refractivity contribution in [1.82, 2.24) is 20.0 Å². The smallest absolute Gasteiger partial charge is 0.169 e. The van der Waals surface area contributed by atoms with E-state index in [4.69, 9.17) is 4.84 Å². The number of hydrogen-bond acceptors (Lipinski definition) is 5. The first-order valence-corrected chi connectivity index (χ1v) is 8.83. The minimum absolute atomic E-state index is 0.262. The van der Waals surface area contributed by atoms with Gasteiger partial charge >= 0.3 is 0 Å². The molecule has 1 unspecified atom stereocenters. The molecule has 4 aromatic rings. The van der Waals surface area contributed by atoms with Crippen LogP contribution in [0.2, 0.25) is 0 Å². The zero-order valence-corrected chi connectivity index (χ0v) is 15.0. The average Bonchev–Trinajstić information content (AvgIpc) is 3.12. The molecule has 0 radical (unpaired) electrons. The van der Waals surface area contributed by atoms with Gasteiger partial charge in [-0.2, -0.15) is 5.48 Å². The Labute approximate surface area is 161 Å². The highest BCUT2D eigenvalue weighted by molar-refractivity contribution is 5.74. The number of hydroxylamine groups is 1. The number of imidazole rings is 1. The van der Waals surface area contributed by atoms with Gasteiger partial charge in [0.1, 0.15) is 5.82 Å². The summed E-state index contributed by atoms with van der Waals surface area (Å²) in [5.74, 6) is -0.262. The number of hydrogen-bond donors (Lipinski definition) is 2. The normalized spacial score (nSPS) is 12.4. The number of halogens is 1. The first-order valence-electron chi connectivity index (χ1n) is 8.83. The molecule has 0 aliphatic heterocycles. The van der Waals surface area contributed by atoms with Gasteiger partial charge in [0.2, 0.25) is 0 Å². The summed E-state index contributed by atoms with van der Waals surface area (Å²) in [6, 6.07) is 17.7. The van der Waals surface area contributed by atoms with Gasteiger partial charge < -0.3 is 9.67 Å². The SMILES string of the molecule is OC(NOCc1ccccc1)c1cc2ncn(Cc3ccc(F)cc3)c2cn1. The fourth-order valence-corrected chi connectivity index (χ4v) is 2.87. The van der Waals surface area contributed by atoms with Crippen LogP contribution in [0.4, 0.5) is 4.39 Å². The summed E-state index contributed by atoms with van der Waals surface area (Å²) in [4.78, 5) is 14.0. The maximum atomic E-state index is 13.1. The van der Waals surface area contributed by atoms with Crippen LogP contribution in [0.1, 0.15) is 23.0 Å². The summed E-state index contributed by atoms with van der Waals surface area (Å²) >= 11 is 0. The maximum absolute atomic E-state index is 13.1. The molecule has 1 atom stereocenters. The third-order valence-corrected chi connectivity index (χ3v) is 4.35. The predicted octanol–water partition coefficient (Wildman–Crippen LogP) is 3.33. The molecular weight excluding hydrogens is 359 g/mol. The minimum Gasteiger partial charge on any atom is -0.371 e. The average molecular weight is 378 g/mol. The van der Waals surface area contributed by atoms with Crippen LogP contribution in [0, 0.1) is 5.82 Å². The van der Waals surface area contributed by atoms with Gasteiger partial charge in [-0.05, 0) is 29.3 Å². The Bertz CT molecular complexity index is 1050. The number of benzene rings is 2. The van der Waals surface area contributed by atoms with Gasteiger partial charge in [0.25, 0.3) is 0 Å². The third kappa shape index (κ3) is 4.23. The van der Waals surface area contributed by atoms with Crippen molar-refractivity contribution in [2.24, 2.45) is 0 Å². The van der Waals surface area contributed by atoms with E-state index in [1.54, 1.807) is 30.7 Å². The van der Waals surface area contributed by atoms with Crippen molar-refractivity contribution in [1.29, 1.82) is 0 Å². The van der Waals surface area contributed by atoms with Crippen LogP contribution in [-0.2, 0) is 18.0 Å². The lowest BCUT2D eigenvalue weighted by Crippen LogP contribution is -2.22. The van der Waals surface area contributed by atoms with Crippen LogP contribution in [-0.4, -0.2) is 19.6 Å². The Morgan fingerprint density at radius 1 is 1.04 bits per heavy atom. The van der Waals surface area contributed by atoms with Crippen molar-refractivity contribution in [3.63, 3.8) is 0 Å². The monoisotopic (exact) mass is 378 g/mol. The molecule has 2 heterocycles. The second kappa shape index (κ2) is 8.26. The van der Waals surface area contributed by atoms with E-state index in [0.29, 0.717) is 24.4 Å². The lowest BCUT2D eigenvalue weighted by atomic mass is 10.2. The number of aromatic nitrogens is 3. The fraction of sp³-hybridized carbons (Fsp3) is 0.143. The molecule has 6 nitrogen and oxygen atoms in total. The molecule has 0 spiro atoms. The number of fused-ring (bicyclic) bond motifs is 1. The molecule has 0 saturated carbocycles. The highest BCUT2D eigenvalue weighted by Gasteiger charge is 2.12. The maximum Gasteiger partial charge on any atom is 0.169 e. The summed E-state index contributed by atoms with van der Waals surface area (Å²) < 4.78 is 15.0. The Hall–Kier alpha value is -3.13. The van der Waals surface area contributed by atoms with Gasteiger partial charge in [-0.1, -0.05) is 42.5 Å². The van der Waals surface area contributed by atoms with Crippen LogP contribution < -0.4 is 5.48 Å². The molecule has 0 aliphatic carbocycles. The van der Waals surface area contributed by atoms with Crippen LogP contribution >= 0.6 is 0 Å². The highest BCUT2D eigenvalue weighted by atomic mass is 19.1. The predicted molar refractivity (Wildman–Crippen MR) is 102 cm³/mol. The van der Waals surface area contributed by atoms with Crippen molar-refractivity contribution in [3.05, 3.63) is 95.8 Å². The van der Waals surface area contributed by atoms with Crippen molar-refractivity contribution in [2.75, 3.05) is 0 Å². The van der Waals surface area contributed by atoms with E-state index in [9.17, 15) is 9.50 Å². The van der Waals surface area contributed by atoms with Crippen LogP contribution in [0.25, 0.3) is 11.0 Å². The Balaban J connectivity index is 1.42. The molecule has 0 bridgehead atoms. The number of rotatable bonds is 7. The zero-order valence-electron chi connectivity index (χ0n) is 15.0. The summed E-state index contributed by atoms with van der Waals surface area (Å²) in [7, 11) is 0. The standard InChI is InChI=1S/C21H19FN4O2/c22-17-8-6-15(7-9-17)12-26-14-24-18-10-19(23-11-20(18)26)21(27)25-28-13-16-4-2-1-3-5-16/h1-11,14,21,25,27H,12-13H2. The Morgan fingerprint density at radius 2 is 1.82 bits per heavy atom. The molecule has 2 aromatic heterocycles. The molecule has 0 saturated heterocycles. The van der Waals surface area contributed by atoms with Gasteiger partial charge in [0.15, 0.2) is 6.23 Å². The molecule has 0 aliphatic rings. The van der Waals surface area contributed by atoms with Gasteiger partial charge in [0, 0.05) is 6.54 Å². The molecular formula is C21H19FN4O2. The van der Waals surface area contributed by atoms with Gasteiger partial charge in [-0.25, -0.2) is 9.37 Å². The summed E-state index contributed by atoms with van der Waals surface area (Å²) in [5, 5.41) is 10.3. The van der Waals surface area contributed by atoms with E-state index in [0.717, 1.165) is 16.6 Å². The minimum atomic E-state index is -1.07. The lowest BCUT2D eigenvalue weighted by Gasteiger charge is -2.12. The number of pyridine rings is 1. The molecule has 2 N–H and O–H groups in total. The summed E-state index contributed by atoms with van der Waals surface area (Å²) in [6.45, 7) is 0.880. The summed E-state index contributed by atoms with van der Waals surface area (Å²) in [5.41, 5.74) is 6.48. The second-order valence-electron chi connectivity index (χ2n) is 6.39. The molecule has 0 fully saturated rings. The van der Waals surface area contributed by atoms with E-state index in [2.05, 4.69) is 15.4 Å². The quantitative estimate of drug-likeness (QED) is 0.381. The van der Waals surface area contributed by atoms with Crippen molar-refractivity contribution in [3.8, 4) is 0 Å². The molecule has 28 heavy (non-hydrogen) atoms. The molecule has 7 heteroatoms. The van der Waals surface area contributed by atoms with Crippen LogP contribution in [0.15, 0.2) is 73.2 Å². The first-order chi connectivity index (χ1) is 13.7. The molecule has 4 rings (SSSR count). The van der Waals surface area contributed by atoms with Crippen LogP contribution in [0.5, 0.6) is 0 Å². The van der Waals surface area contributed by atoms with E-state index in [1.807, 2.05) is 34.9 Å². The molecule has 2 aromatic carbocycles. The third-order valence-electron chi connectivity index (χ3n) is 4.35. The van der Waals surface area contributed by atoms with Crippen molar-refractivity contribution >= 4 is 11.0 Å². The largest absolute Gasteiger partial charge is 0.371 e. The van der Waals surface area contributed by atoms with E-state index < -0.39 is 6.23 Å². The number of aliphatic hydroxyl groups excluding tert-OH is 1. The number of nitrogens with zero attached hydrogens (tertiary/aromatic N) is 3. The van der Waals surface area contributed by atoms with Gasteiger partial charge in [-0.3, -0.25) is 9.82 Å². The fourth-order valence-electron chi connectivity index (χ4n) is 2.87. The topological polar surface area (TPSA) is 72.2 Å². The van der Waals surface area contributed by atoms with Gasteiger partial charge in [-0.15, -0.1) is 0 Å². The van der Waals surface area contributed by atoms with E-state index >= 15 is 0 Å². The van der Waals surface area contributed by atoms with Crippen molar-refractivity contribution < 1.29 is 14.3 Å². The highest BCUT2D eigenvalue weighted by Crippen LogP contribution is 2.18. The Morgan fingerprint density at radius 3 is 2.61 bits per heavy atom. The Kier molecular flexibility index (Phi) is 5.38. The lowest BCUT2D eigenvalue weighted by molar-refractivity contribution is -0.0687. The first kappa shape index (κ1) is 18.2. The van der Waals surface area contributed by atoms with Crippen LogP contribution in [0.3, 0.4) is 0 Å². The van der Waals surface area contributed by atoms with E-state index in [-0.39, 0.29) is 5.82 Å². The van der Waals surface area contributed by atoms with E-state index in [1.165, 1.54) is 12.1 Å². The molecule has 142 valence electrons.